The molecule has 4 nitrogen and oxygen atoms in total. The van der Waals surface area contributed by atoms with Crippen LogP contribution in [0.4, 0.5) is 0 Å². The Labute approximate surface area is 102 Å². The number of para-hydroxylation sites is 1. The van der Waals surface area contributed by atoms with E-state index in [0.29, 0.717) is 18.3 Å². The van der Waals surface area contributed by atoms with E-state index in [2.05, 4.69) is 21.2 Å². The van der Waals surface area contributed by atoms with Crippen LogP contribution in [-0.2, 0) is 11.3 Å². The van der Waals surface area contributed by atoms with Crippen molar-refractivity contribution in [1.82, 2.24) is 5.32 Å². The molecule has 0 aliphatic carbocycles. The third kappa shape index (κ3) is 2.47. The van der Waals surface area contributed by atoms with E-state index in [0.717, 1.165) is 17.1 Å². The highest BCUT2D eigenvalue weighted by molar-refractivity contribution is 9.09. The number of alkyl halides is 1. The number of amides is 1. The molecule has 1 amide bonds. The molecule has 1 aromatic carbocycles. The molecule has 0 fully saturated rings. The Bertz CT molecular complexity index is 395. The number of carbonyl (C=O) groups excluding carboxylic acids is 1. The van der Waals surface area contributed by atoms with Gasteiger partial charge in [-0.15, -0.1) is 0 Å². The van der Waals surface area contributed by atoms with Crippen molar-refractivity contribution in [3.8, 4) is 11.5 Å². The van der Waals surface area contributed by atoms with Crippen molar-refractivity contribution in [2.45, 2.75) is 13.0 Å². The quantitative estimate of drug-likeness (QED) is 0.859. The molecule has 0 radical (unpaired) electrons. The van der Waals surface area contributed by atoms with E-state index >= 15 is 0 Å². The molecule has 86 valence electrons. The fraction of sp³-hybridized carbons (Fsp3) is 0.364. The summed E-state index contributed by atoms with van der Waals surface area (Å²) >= 11 is 3.22. The second kappa shape index (κ2) is 5.21. The van der Waals surface area contributed by atoms with Crippen molar-refractivity contribution >= 4 is 21.8 Å². The molecule has 0 bridgehead atoms. The Kier molecular flexibility index (Phi) is 3.66. The Morgan fingerprint density at radius 2 is 2.31 bits per heavy atom. The van der Waals surface area contributed by atoms with Crippen LogP contribution in [0.3, 0.4) is 0 Å². The average Bonchev–Trinajstić information content (AvgIpc) is 2.75. The number of benzene rings is 1. The molecule has 2 rings (SSSR count). The molecule has 1 N–H and O–H groups in total. The molecular formula is C11H12BrNO3. The van der Waals surface area contributed by atoms with Crippen LogP contribution >= 0.6 is 15.9 Å². The van der Waals surface area contributed by atoms with Crippen molar-refractivity contribution in [3.63, 3.8) is 0 Å². The molecule has 1 aliphatic rings. The van der Waals surface area contributed by atoms with E-state index in [9.17, 15) is 4.79 Å². The zero-order chi connectivity index (χ0) is 11.4. The van der Waals surface area contributed by atoms with Gasteiger partial charge < -0.3 is 14.8 Å². The number of hydrogen-bond donors (Lipinski definition) is 1. The van der Waals surface area contributed by atoms with Crippen LogP contribution in [0.2, 0.25) is 0 Å². The number of halogens is 1. The molecule has 1 aromatic rings. The molecule has 0 saturated carbocycles. The summed E-state index contributed by atoms with van der Waals surface area (Å²) in [6, 6.07) is 5.66. The molecule has 0 spiro atoms. The molecule has 0 aromatic heterocycles. The maximum atomic E-state index is 11.3. The zero-order valence-corrected chi connectivity index (χ0v) is 10.2. The summed E-state index contributed by atoms with van der Waals surface area (Å²) in [7, 11) is 0. The predicted molar refractivity (Wildman–Crippen MR) is 62.8 cm³/mol. The van der Waals surface area contributed by atoms with Gasteiger partial charge in [0.2, 0.25) is 12.7 Å². The van der Waals surface area contributed by atoms with Gasteiger partial charge in [-0.05, 0) is 6.07 Å². The maximum Gasteiger partial charge on any atom is 0.231 e. The first-order valence-corrected chi connectivity index (χ1v) is 6.13. The highest BCUT2D eigenvalue weighted by Crippen LogP contribution is 2.35. The summed E-state index contributed by atoms with van der Waals surface area (Å²) in [4.78, 5) is 11.3. The van der Waals surface area contributed by atoms with E-state index in [1.54, 1.807) is 0 Å². The van der Waals surface area contributed by atoms with Gasteiger partial charge in [-0.2, -0.15) is 0 Å². The van der Waals surface area contributed by atoms with E-state index in [4.69, 9.17) is 9.47 Å². The zero-order valence-electron chi connectivity index (χ0n) is 8.66. The Hall–Kier alpha value is -1.23. The number of carbonyl (C=O) groups is 1. The first kappa shape index (κ1) is 11.3. The van der Waals surface area contributed by atoms with Gasteiger partial charge in [-0.3, -0.25) is 4.79 Å². The standard InChI is InChI=1S/C11H12BrNO3/c12-5-4-10(14)13-6-8-2-1-3-9-11(8)16-7-15-9/h1-3H,4-7H2,(H,13,14). The molecule has 5 heteroatoms. The van der Waals surface area contributed by atoms with Crippen LogP contribution < -0.4 is 14.8 Å². The number of fused-ring (bicyclic) bond motifs is 1. The topological polar surface area (TPSA) is 47.6 Å². The lowest BCUT2D eigenvalue weighted by molar-refractivity contribution is -0.120. The normalized spacial score (nSPS) is 12.6. The maximum absolute atomic E-state index is 11.3. The molecular weight excluding hydrogens is 274 g/mol. The largest absolute Gasteiger partial charge is 0.454 e. The van der Waals surface area contributed by atoms with E-state index in [1.165, 1.54) is 0 Å². The van der Waals surface area contributed by atoms with Gasteiger partial charge in [0.05, 0.1) is 0 Å². The molecule has 1 aliphatic heterocycles. The second-order valence-electron chi connectivity index (χ2n) is 3.37. The molecule has 0 saturated heterocycles. The summed E-state index contributed by atoms with van der Waals surface area (Å²) in [6.45, 7) is 0.722. The van der Waals surface area contributed by atoms with Gasteiger partial charge in [0.25, 0.3) is 0 Å². The van der Waals surface area contributed by atoms with Crippen LogP contribution in [0.25, 0.3) is 0 Å². The second-order valence-corrected chi connectivity index (χ2v) is 4.16. The Morgan fingerprint density at radius 3 is 3.12 bits per heavy atom. The van der Waals surface area contributed by atoms with E-state index < -0.39 is 0 Å². The first-order chi connectivity index (χ1) is 7.81. The Balaban J connectivity index is 2.00. The third-order valence-electron chi connectivity index (χ3n) is 2.28. The summed E-state index contributed by atoms with van der Waals surface area (Å²) < 4.78 is 10.6. The van der Waals surface area contributed by atoms with Crippen molar-refractivity contribution < 1.29 is 14.3 Å². The predicted octanol–water partition coefficient (Wildman–Crippen LogP) is 1.82. The van der Waals surface area contributed by atoms with Crippen molar-refractivity contribution in [1.29, 1.82) is 0 Å². The number of nitrogens with one attached hydrogen (secondary N) is 1. The lowest BCUT2D eigenvalue weighted by Crippen LogP contribution is -2.22. The monoisotopic (exact) mass is 285 g/mol. The summed E-state index contributed by atoms with van der Waals surface area (Å²) in [5, 5.41) is 3.50. The lowest BCUT2D eigenvalue weighted by atomic mass is 10.2. The van der Waals surface area contributed by atoms with Gasteiger partial charge in [0, 0.05) is 23.9 Å². The lowest BCUT2D eigenvalue weighted by Gasteiger charge is -2.07. The van der Waals surface area contributed by atoms with Crippen LogP contribution in [0, 0.1) is 0 Å². The highest BCUT2D eigenvalue weighted by Gasteiger charge is 2.17. The number of ether oxygens (including phenoxy) is 2. The van der Waals surface area contributed by atoms with E-state index in [-0.39, 0.29) is 12.7 Å². The van der Waals surface area contributed by atoms with Gasteiger partial charge >= 0.3 is 0 Å². The van der Waals surface area contributed by atoms with Crippen LogP contribution in [0.1, 0.15) is 12.0 Å². The number of hydrogen-bond acceptors (Lipinski definition) is 3. The van der Waals surface area contributed by atoms with Crippen molar-refractivity contribution in [3.05, 3.63) is 23.8 Å². The minimum absolute atomic E-state index is 0.0217. The number of rotatable bonds is 4. The summed E-state index contributed by atoms with van der Waals surface area (Å²) in [5.74, 6) is 1.50. The average molecular weight is 286 g/mol. The van der Waals surface area contributed by atoms with Gasteiger partial charge in [-0.25, -0.2) is 0 Å². The SMILES string of the molecule is O=C(CCBr)NCc1cccc2c1OCO2. The van der Waals surface area contributed by atoms with Crippen molar-refractivity contribution in [2.24, 2.45) is 0 Å². The summed E-state index contributed by atoms with van der Waals surface area (Å²) in [5.41, 5.74) is 0.943. The van der Waals surface area contributed by atoms with Crippen molar-refractivity contribution in [2.75, 3.05) is 12.1 Å². The fourth-order valence-corrected chi connectivity index (χ4v) is 1.86. The molecule has 0 atom stereocenters. The first-order valence-electron chi connectivity index (χ1n) is 5.01. The highest BCUT2D eigenvalue weighted by atomic mass is 79.9. The molecule has 0 unspecified atom stereocenters. The summed E-state index contributed by atoms with van der Waals surface area (Å²) in [6.07, 6.45) is 0.479. The smallest absolute Gasteiger partial charge is 0.231 e. The van der Waals surface area contributed by atoms with Gasteiger partial charge in [0.1, 0.15) is 0 Å². The van der Waals surface area contributed by atoms with Crippen LogP contribution in [0.5, 0.6) is 11.5 Å². The minimum Gasteiger partial charge on any atom is -0.454 e. The Morgan fingerprint density at radius 1 is 1.44 bits per heavy atom. The third-order valence-corrected chi connectivity index (χ3v) is 2.67. The molecule has 1 heterocycles. The van der Waals surface area contributed by atoms with E-state index in [1.807, 2.05) is 18.2 Å². The molecule has 16 heavy (non-hydrogen) atoms. The fourth-order valence-electron chi connectivity index (χ4n) is 1.50. The van der Waals surface area contributed by atoms with Crippen LogP contribution in [0.15, 0.2) is 18.2 Å². The minimum atomic E-state index is 0.0217. The van der Waals surface area contributed by atoms with Crippen LogP contribution in [-0.4, -0.2) is 18.0 Å². The van der Waals surface area contributed by atoms with Gasteiger partial charge in [-0.1, -0.05) is 28.1 Å². The van der Waals surface area contributed by atoms with Gasteiger partial charge in [0.15, 0.2) is 11.5 Å².